The molecule has 0 fully saturated rings. The molecule has 0 bridgehead atoms. The van der Waals surface area contributed by atoms with Crippen LogP contribution in [0, 0.1) is 0 Å². The van der Waals surface area contributed by atoms with E-state index in [2.05, 4.69) is 11.9 Å². The van der Waals surface area contributed by atoms with E-state index in [-0.39, 0.29) is 5.91 Å². The molecule has 0 radical (unpaired) electrons. The molecule has 2 nitrogen and oxygen atoms in total. The van der Waals surface area contributed by atoms with Crippen LogP contribution < -0.4 is 5.32 Å². The summed E-state index contributed by atoms with van der Waals surface area (Å²) in [6.07, 6.45) is 0. The van der Waals surface area contributed by atoms with E-state index in [1.807, 2.05) is 0 Å². The Hall–Kier alpha value is -1.28. The molecule has 0 unspecified atom stereocenters. The smallest absolute Gasteiger partial charge is 0.256 e. The van der Waals surface area contributed by atoms with Gasteiger partial charge in [0.2, 0.25) is 0 Å². The lowest BCUT2D eigenvalue weighted by Crippen LogP contribution is -2.11. The third-order valence-corrected chi connectivity index (χ3v) is 2.05. The van der Waals surface area contributed by atoms with Gasteiger partial charge in [0.15, 0.2) is 0 Å². The van der Waals surface area contributed by atoms with E-state index in [9.17, 15) is 4.79 Å². The van der Waals surface area contributed by atoms with E-state index in [0.717, 1.165) is 5.56 Å². The van der Waals surface area contributed by atoms with Crippen LogP contribution in [0.4, 0.5) is 0 Å². The second-order valence-corrected chi connectivity index (χ2v) is 3.06. The second-order valence-electron chi connectivity index (χ2n) is 2.62. The van der Waals surface area contributed by atoms with Crippen molar-refractivity contribution in [1.82, 2.24) is 5.32 Å². The topological polar surface area (TPSA) is 29.1 Å². The summed E-state index contributed by atoms with van der Waals surface area (Å²) in [5, 5.41) is 3.19. The number of carbonyl (C=O) groups excluding carboxylic acids is 1. The van der Waals surface area contributed by atoms with Crippen LogP contribution in [0.2, 0.25) is 5.02 Å². The van der Waals surface area contributed by atoms with E-state index in [1.54, 1.807) is 18.2 Å². The van der Waals surface area contributed by atoms with Crippen LogP contribution in [0.5, 0.6) is 0 Å². The highest BCUT2D eigenvalue weighted by atomic mass is 35.5. The first-order chi connectivity index (χ1) is 5.68. The minimum Gasteiger partial charge on any atom is -0.322 e. The van der Waals surface area contributed by atoms with Crippen molar-refractivity contribution in [3.05, 3.63) is 40.9 Å². The van der Waals surface area contributed by atoms with E-state index >= 15 is 0 Å². The largest absolute Gasteiger partial charge is 0.322 e. The molecular formula is C9H6ClNO. The molecule has 1 aliphatic heterocycles. The van der Waals surface area contributed by atoms with Crippen molar-refractivity contribution in [2.75, 3.05) is 0 Å². The van der Waals surface area contributed by atoms with E-state index in [0.29, 0.717) is 16.3 Å². The Morgan fingerprint density at radius 2 is 2.08 bits per heavy atom. The Labute approximate surface area is 74.8 Å². The monoisotopic (exact) mass is 179 g/mol. The number of hydrogen-bond acceptors (Lipinski definition) is 1. The highest BCUT2D eigenvalue weighted by molar-refractivity contribution is 6.31. The standard InChI is InChI=1S/C9H6ClNO/c1-5-7-3-2-6(10)4-8(7)9(12)11-5/h2-4H,1H2,(H,11,12). The predicted molar refractivity (Wildman–Crippen MR) is 48.0 cm³/mol. The molecule has 60 valence electrons. The highest BCUT2D eigenvalue weighted by Gasteiger charge is 2.21. The van der Waals surface area contributed by atoms with Gasteiger partial charge in [0.05, 0.1) is 5.56 Å². The molecular weight excluding hydrogens is 174 g/mol. The van der Waals surface area contributed by atoms with Gasteiger partial charge in [-0.25, -0.2) is 0 Å². The Kier molecular flexibility index (Phi) is 1.45. The van der Waals surface area contributed by atoms with Gasteiger partial charge in [-0.1, -0.05) is 24.2 Å². The van der Waals surface area contributed by atoms with Gasteiger partial charge in [-0.3, -0.25) is 4.79 Å². The summed E-state index contributed by atoms with van der Waals surface area (Å²) in [5.74, 6) is -0.127. The van der Waals surface area contributed by atoms with Crippen molar-refractivity contribution in [2.24, 2.45) is 0 Å². The van der Waals surface area contributed by atoms with Crippen molar-refractivity contribution in [3.63, 3.8) is 0 Å². The lowest BCUT2D eigenvalue weighted by atomic mass is 10.1. The van der Waals surface area contributed by atoms with E-state index in [1.165, 1.54) is 0 Å². The molecule has 3 heteroatoms. The van der Waals surface area contributed by atoms with Gasteiger partial charge < -0.3 is 5.32 Å². The minimum atomic E-state index is -0.127. The second kappa shape index (κ2) is 2.35. The normalized spacial score (nSPS) is 14.4. The Balaban J connectivity index is 2.68. The van der Waals surface area contributed by atoms with Crippen LogP contribution in [0.3, 0.4) is 0 Å². The summed E-state index contributed by atoms with van der Waals surface area (Å²) in [6.45, 7) is 3.70. The molecule has 1 aromatic rings. The first-order valence-electron chi connectivity index (χ1n) is 3.48. The summed E-state index contributed by atoms with van der Waals surface area (Å²) in [5.41, 5.74) is 2.09. The zero-order valence-electron chi connectivity index (χ0n) is 6.23. The average molecular weight is 180 g/mol. The van der Waals surface area contributed by atoms with Crippen LogP contribution in [-0.4, -0.2) is 5.91 Å². The molecule has 1 N–H and O–H groups in total. The van der Waals surface area contributed by atoms with E-state index < -0.39 is 0 Å². The molecule has 0 saturated carbocycles. The van der Waals surface area contributed by atoms with Crippen LogP contribution in [0.25, 0.3) is 5.70 Å². The zero-order chi connectivity index (χ0) is 8.72. The quantitative estimate of drug-likeness (QED) is 0.649. The summed E-state index contributed by atoms with van der Waals surface area (Å²) in [4.78, 5) is 11.2. The summed E-state index contributed by atoms with van der Waals surface area (Å²) in [6, 6.07) is 5.17. The molecule has 1 heterocycles. The van der Waals surface area contributed by atoms with Gasteiger partial charge in [0, 0.05) is 16.3 Å². The molecule has 12 heavy (non-hydrogen) atoms. The van der Waals surface area contributed by atoms with Crippen molar-refractivity contribution in [2.45, 2.75) is 0 Å². The third-order valence-electron chi connectivity index (χ3n) is 1.82. The van der Waals surface area contributed by atoms with E-state index in [4.69, 9.17) is 11.6 Å². The van der Waals surface area contributed by atoms with Gasteiger partial charge in [-0.15, -0.1) is 0 Å². The van der Waals surface area contributed by atoms with Crippen molar-refractivity contribution in [3.8, 4) is 0 Å². The van der Waals surface area contributed by atoms with Crippen molar-refractivity contribution in [1.29, 1.82) is 0 Å². The Bertz CT molecular complexity index is 384. The maximum atomic E-state index is 11.2. The molecule has 1 aliphatic rings. The molecule has 2 rings (SSSR count). The molecule has 1 amide bonds. The van der Waals surface area contributed by atoms with Crippen LogP contribution in [0.1, 0.15) is 15.9 Å². The third kappa shape index (κ3) is 0.924. The Morgan fingerprint density at radius 1 is 1.33 bits per heavy atom. The van der Waals surface area contributed by atoms with Gasteiger partial charge in [0.1, 0.15) is 0 Å². The summed E-state index contributed by atoms with van der Waals surface area (Å²) < 4.78 is 0. The summed E-state index contributed by atoms with van der Waals surface area (Å²) >= 11 is 5.73. The maximum Gasteiger partial charge on any atom is 0.256 e. The fourth-order valence-electron chi connectivity index (χ4n) is 1.24. The number of nitrogens with one attached hydrogen (secondary N) is 1. The summed E-state index contributed by atoms with van der Waals surface area (Å²) in [7, 11) is 0. The SMILES string of the molecule is C=C1NC(=O)c2cc(Cl)ccc21. The fourth-order valence-corrected chi connectivity index (χ4v) is 1.41. The van der Waals surface area contributed by atoms with Gasteiger partial charge >= 0.3 is 0 Å². The average Bonchev–Trinajstić information content (AvgIpc) is 2.28. The number of hydrogen-bond donors (Lipinski definition) is 1. The van der Waals surface area contributed by atoms with Gasteiger partial charge in [-0.05, 0) is 12.1 Å². The molecule has 0 atom stereocenters. The number of rotatable bonds is 0. The van der Waals surface area contributed by atoms with Gasteiger partial charge in [0.25, 0.3) is 5.91 Å². The molecule has 0 aliphatic carbocycles. The van der Waals surface area contributed by atoms with Crippen molar-refractivity contribution < 1.29 is 4.79 Å². The highest BCUT2D eigenvalue weighted by Crippen LogP contribution is 2.25. The number of carbonyl (C=O) groups is 1. The lowest BCUT2D eigenvalue weighted by molar-refractivity contribution is 0.0981. The van der Waals surface area contributed by atoms with Gasteiger partial charge in [-0.2, -0.15) is 0 Å². The lowest BCUT2D eigenvalue weighted by Gasteiger charge is -1.95. The molecule has 0 aromatic heterocycles. The Morgan fingerprint density at radius 3 is 2.83 bits per heavy atom. The first-order valence-corrected chi connectivity index (χ1v) is 3.86. The zero-order valence-corrected chi connectivity index (χ0v) is 6.98. The molecule has 1 aromatic carbocycles. The number of amides is 1. The van der Waals surface area contributed by atoms with Crippen LogP contribution >= 0.6 is 11.6 Å². The number of benzene rings is 1. The minimum absolute atomic E-state index is 0.127. The maximum absolute atomic E-state index is 11.2. The van der Waals surface area contributed by atoms with Crippen LogP contribution in [-0.2, 0) is 0 Å². The first kappa shape index (κ1) is 7.37. The number of fused-ring (bicyclic) bond motifs is 1. The number of halogens is 1. The molecule has 0 saturated heterocycles. The van der Waals surface area contributed by atoms with Crippen LogP contribution in [0.15, 0.2) is 24.8 Å². The molecule has 0 spiro atoms. The van der Waals surface area contributed by atoms with Crippen molar-refractivity contribution >= 4 is 23.2 Å². The predicted octanol–water partition coefficient (Wildman–Crippen LogP) is 2.05. The fraction of sp³-hybridized carbons (Fsp3) is 0.